The molecule has 1 aromatic carbocycles. The molecule has 0 unspecified atom stereocenters. The standard InChI is InChI=1S/C15H12Cl2N8/c1-7-10(5-18)13(9-3-2-8(16)4-11(9)17)25-6-12(20-15(25)19-7)14-21-23-24-22-14/h2-4,6H,5,18H2,1H3,(H,21,22,23,24). The summed E-state index contributed by atoms with van der Waals surface area (Å²) >= 11 is 12.5. The smallest absolute Gasteiger partial charge is 0.235 e. The Kier molecular flexibility index (Phi) is 3.87. The predicted octanol–water partition coefficient (Wildman–Crippen LogP) is 2.65. The molecule has 10 heteroatoms. The molecule has 0 aliphatic carbocycles. The number of imidazole rings is 1. The Morgan fingerprint density at radius 2 is 2.08 bits per heavy atom. The summed E-state index contributed by atoms with van der Waals surface area (Å²) in [5.41, 5.74) is 9.81. The fraction of sp³-hybridized carbons (Fsp3) is 0.133. The minimum atomic E-state index is 0.306. The summed E-state index contributed by atoms with van der Waals surface area (Å²) < 4.78 is 1.84. The average molecular weight is 375 g/mol. The van der Waals surface area contributed by atoms with Crippen LogP contribution >= 0.6 is 23.2 Å². The predicted molar refractivity (Wildman–Crippen MR) is 94.2 cm³/mol. The van der Waals surface area contributed by atoms with Crippen molar-refractivity contribution >= 4 is 29.0 Å². The van der Waals surface area contributed by atoms with Gasteiger partial charge < -0.3 is 5.73 Å². The van der Waals surface area contributed by atoms with Gasteiger partial charge in [-0.3, -0.25) is 4.40 Å². The molecule has 25 heavy (non-hydrogen) atoms. The molecular weight excluding hydrogens is 363 g/mol. The van der Waals surface area contributed by atoms with Gasteiger partial charge >= 0.3 is 0 Å². The fourth-order valence-electron chi connectivity index (χ4n) is 2.75. The highest BCUT2D eigenvalue weighted by molar-refractivity contribution is 6.36. The second-order valence-corrected chi connectivity index (χ2v) is 6.24. The summed E-state index contributed by atoms with van der Waals surface area (Å²) in [6.45, 7) is 2.19. The highest BCUT2D eigenvalue weighted by atomic mass is 35.5. The highest BCUT2D eigenvalue weighted by Gasteiger charge is 2.19. The summed E-state index contributed by atoms with van der Waals surface area (Å²) in [6.07, 6.45) is 1.80. The Labute approximate surface area is 152 Å². The number of nitrogens with one attached hydrogen (secondary N) is 1. The van der Waals surface area contributed by atoms with Gasteiger partial charge in [0.2, 0.25) is 5.78 Å². The molecule has 0 aliphatic heterocycles. The molecule has 4 rings (SSSR count). The van der Waals surface area contributed by atoms with Crippen LogP contribution in [0.15, 0.2) is 24.4 Å². The van der Waals surface area contributed by atoms with Crippen molar-refractivity contribution in [2.45, 2.75) is 13.5 Å². The quantitative estimate of drug-likeness (QED) is 0.570. The van der Waals surface area contributed by atoms with Crippen LogP contribution in [0.1, 0.15) is 11.3 Å². The van der Waals surface area contributed by atoms with Crippen LogP contribution in [-0.2, 0) is 6.54 Å². The molecule has 0 bridgehead atoms. The Morgan fingerprint density at radius 1 is 1.24 bits per heavy atom. The van der Waals surface area contributed by atoms with Crippen LogP contribution in [0.4, 0.5) is 0 Å². The number of fused-ring (bicyclic) bond motifs is 1. The van der Waals surface area contributed by atoms with Gasteiger partial charge in [-0.2, -0.15) is 0 Å². The first-order chi connectivity index (χ1) is 12.1. The van der Waals surface area contributed by atoms with Crippen molar-refractivity contribution < 1.29 is 0 Å². The van der Waals surface area contributed by atoms with Crippen molar-refractivity contribution in [2.75, 3.05) is 0 Å². The number of hydrogen-bond donors (Lipinski definition) is 2. The maximum atomic E-state index is 6.43. The molecule has 3 aromatic heterocycles. The molecule has 0 saturated carbocycles. The molecule has 0 spiro atoms. The van der Waals surface area contributed by atoms with E-state index in [2.05, 4.69) is 30.6 Å². The van der Waals surface area contributed by atoms with Crippen molar-refractivity contribution in [1.82, 2.24) is 35.0 Å². The molecule has 3 heterocycles. The van der Waals surface area contributed by atoms with Gasteiger partial charge in [0.25, 0.3) is 0 Å². The van der Waals surface area contributed by atoms with Gasteiger partial charge in [-0.15, -0.1) is 5.10 Å². The highest BCUT2D eigenvalue weighted by Crippen LogP contribution is 2.34. The van der Waals surface area contributed by atoms with Crippen LogP contribution in [0.3, 0.4) is 0 Å². The van der Waals surface area contributed by atoms with Gasteiger partial charge in [0.1, 0.15) is 5.69 Å². The van der Waals surface area contributed by atoms with Crippen LogP contribution in [-0.4, -0.2) is 35.0 Å². The van der Waals surface area contributed by atoms with E-state index in [0.717, 1.165) is 22.5 Å². The minimum absolute atomic E-state index is 0.306. The SMILES string of the molecule is Cc1nc2nc(-c3nnn[nH]3)cn2c(-c2ccc(Cl)cc2Cl)c1CN. The van der Waals surface area contributed by atoms with Gasteiger partial charge in [0, 0.05) is 34.6 Å². The second kappa shape index (κ2) is 6.07. The Morgan fingerprint density at radius 3 is 2.76 bits per heavy atom. The number of hydrogen-bond acceptors (Lipinski definition) is 6. The van der Waals surface area contributed by atoms with E-state index in [1.54, 1.807) is 18.3 Å². The van der Waals surface area contributed by atoms with Gasteiger partial charge in [0.15, 0.2) is 5.82 Å². The second-order valence-electron chi connectivity index (χ2n) is 5.40. The maximum absolute atomic E-state index is 6.43. The van der Waals surface area contributed by atoms with Crippen molar-refractivity contribution in [2.24, 2.45) is 5.73 Å². The molecule has 0 aliphatic rings. The molecule has 8 nitrogen and oxygen atoms in total. The van der Waals surface area contributed by atoms with Crippen LogP contribution in [0, 0.1) is 6.92 Å². The zero-order valence-corrected chi connectivity index (χ0v) is 14.5. The van der Waals surface area contributed by atoms with Crippen molar-refractivity contribution in [3.05, 3.63) is 45.7 Å². The first-order valence-electron chi connectivity index (χ1n) is 7.36. The normalized spacial score (nSPS) is 11.4. The Bertz CT molecular complexity index is 1070. The van der Waals surface area contributed by atoms with E-state index in [1.807, 2.05) is 17.4 Å². The maximum Gasteiger partial charge on any atom is 0.235 e. The molecular formula is C15H12Cl2N8. The zero-order valence-electron chi connectivity index (χ0n) is 13.0. The number of benzene rings is 1. The third-order valence-corrected chi connectivity index (χ3v) is 4.44. The number of halogens is 2. The fourth-order valence-corrected chi connectivity index (χ4v) is 3.25. The summed E-state index contributed by atoms with van der Waals surface area (Å²) in [5, 5.41) is 14.8. The number of aromatic nitrogens is 7. The Balaban J connectivity index is 2.06. The van der Waals surface area contributed by atoms with Crippen LogP contribution in [0.2, 0.25) is 10.0 Å². The number of aromatic amines is 1. The number of tetrazole rings is 1. The van der Waals surface area contributed by atoms with Gasteiger partial charge in [-0.05, 0) is 35.5 Å². The number of aryl methyl sites for hydroxylation is 1. The van der Waals surface area contributed by atoms with E-state index in [1.165, 1.54) is 0 Å². The lowest BCUT2D eigenvalue weighted by atomic mass is 10.0. The molecule has 3 N–H and O–H groups in total. The molecule has 0 radical (unpaired) electrons. The Hall–Kier alpha value is -2.55. The molecule has 0 saturated heterocycles. The lowest BCUT2D eigenvalue weighted by Crippen LogP contribution is -2.08. The monoisotopic (exact) mass is 374 g/mol. The number of nitrogens with zero attached hydrogens (tertiary/aromatic N) is 6. The van der Waals surface area contributed by atoms with Gasteiger partial charge in [-0.1, -0.05) is 23.2 Å². The van der Waals surface area contributed by atoms with E-state index in [9.17, 15) is 0 Å². The van der Waals surface area contributed by atoms with Crippen LogP contribution < -0.4 is 5.73 Å². The first-order valence-corrected chi connectivity index (χ1v) is 8.12. The largest absolute Gasteiger partial charge is 0.326 e. The van der Waals surface area contributed by atoms with E-state index >= 15 is 0 Å². The lowest BCUT2D eigenvalue weighted by molar-refractivity contribution is 0.881. The molecule has 0 atom stereocenters. The molecule has 4 aromatic rings. The molecule has 0 amide bonds. The van der Waals surface area contributed by atoms with Crippen molar-refractivity contribution in [1.29, 1.82) is 0 Å². The van der Waals surface area contributed by atoms with Gasteiger partial charge in [0.05, 0.1) is 10.7 Å². The summed E-state index contributed by atoms with van der Waals surface area (Å²) in [5.74, 6) is 0.952. The number of H-pyrrole nitrogens is 1. The zero-order chi connectivity index (χ0) is 17.6. The molecule has 0 fully saturated rings. The molecule has 126 valence electrons. The first kappa shape index (κ1) is 15.9. The summed E-state index contributed by atoms with van der Waals surface area (Å²) in [7, 11) is 0. The third-order valence-electron chi connectivity index (χ3n) is 3.90. The van der Waals surface area contributed by atoms with E-state index in [0.29, 0.717) is 33.9 Å². The van der Waals surface area contributed by atoms with Crippen LogP contribution in [0.5, 0.6) is 0 Å². The average Bonchev–Trinajstić information content (AvgIpc) is 3.23. The minimum Gasteiger partial charge on any atom is -0.326 e. The number of rotatable bonds is 3. The topological polar surface area (TPSA) is 111 Å². The van der Waals surface area contributed by atoms with Crippen LogP contribution in [0.25, 0.3) is 28.6 Å². The summed E-state index contributed by atoms with van der Waals surface area (Å²) in [6, 6.07) is 5.33. The summed E-state index contributed by atoms with van der Waals surface area (Å²) in [4.78, 5) is 9.02. The number of nitrogens with two attached hydrogens (primary N) is 1. The van der Waals surface area contributed by atoms with Crippen molar-refractivity contribution in [3.63, 3.8) is 0 Å². The third kappa shape index (κ3) is 2.64. The lowest BCUT2D eigenvalue weighted by Gasteiger charge is -2.14. The van der Waals surface area contributed by atoms with E-state index in [-0.39, 0.29) is 0 Å². The van der Waals surface area contributed by atoms with E-state index < -0.39 is 0 Å². The van der Waals surface area contributed by atoms with E-state index in [4.69, 9.17) is 28.9 Å². The van der Waals surface area contributed by atoms with Crippen molar-refractivity contribution in [3.8, 4) is 22.8 Å². The van der Waals surface area contributed by atoms with Gasteiger partial charge in [-0.25, -0.2) is 15.1 Å².